The fraction of sp³-hybridized carbons (Fsp3) is 0.312. The third kappa shape index (κ3) is 3.15. The van der Waals surface area contributed by atoms with Crippen LogP contribution in [0.3, 0.4) is 0 Å². The van der Waals surface area contributed by atoms with Gasteiger partial charge >= 0.3 is 0 Å². The Morgan fingerprint density at radius 1 is 1.10 bits per heavy atom. The van der Waals surface area contributed by atoms with E-state index in [4.69, 9.17) is 10.5 Å². The number of nitrogens with zero attached hydrogens (tertiary/aromatic N) is 1. The standard InChI is InChI=1S/C16H19N3O/c17-12-9-10-18-15(11-12)14-7-4-8-16(19-14)20-13-5-2-1-3-6-13/h1-8,12,15,18H,9-11,17H2. The van der Waals surface area contributed by atoms with Crippen LogP contribution in [0.4, 0.5) is 0 Å². The fourth-order valence-corrected chi connectivity index (χ4v) is 2.46. The van der Waals surface area contributed by atoms with Crippen molar-refractivity contribution in [2.24, 2.45) is 5.73 Å². The van der Waals surface area contributed by atoms with Crippen molar-refractivity contribution in [3.8, 4) is 11.6 Å². The predicted molar refractivity (Wildman–Crippen MR) is 78.7 cm³/mol. The molecule has 3 rings (SSSR count). The number of hydrogen-bond donors (Lipinski definition) is 2. The second-order valence-corrected chi connectivity index (χ2v) is 5.11. The minimum atomic E-state index is 0.220. The van der Waals surface area contributed by atoms with E-state index in [9.17, 15) is 0 Å². The average molecular weight is 269 g/mol. The van der Waals surface area contributed by atoms with Crippen molar-refractivity contribution in [2.75, 3.05) is 6.54 Å². The van der Waals surface area contributed by atoms with Crippen LogP contribution < -0.4 is 15.8 Å². The zero-order chi connectivity index (χ0) is 13.8. The molecule has 104 valence electrons. The fourth-order valence-electron chi connectivity index (χ4n) is 2.46. The average Bonchev–Trinajstić information content (AvgIpc) is 2.49. The van der Waals surface area contributed by atoms with Crippen molar-refractivity contribution in [3.05, 3.63) is 54.2 Å². The van der Waals surface area contributed by atoms with Crippen LogP contribution in [0.2, 0.25) is 0 Å². The summed E-state index contributed by atoms with van der Waals surface area (Å²) in [6.45, 7) is 0.942. The summed E-state index contributed by atoms with van der Waals surface area (Å²) in [5.74, 6) is 1.42. The van der Waals surface area contributed by atoms with Gasteiger partial charge in [-0.3, -0.25) is 0 Å². The topological polar surface area (TPSA) is 60.2 Å². The number of para-hydroxylation sites is 1. The molecular formula is C16H19N3O. The van der Waals surface area contributed by atoms with Crippen LogP contribution >= 0.6 is 0 Å². The van der Waals surface area contributed by atoms with Gasteiger partial charge in [-0.2, -0.15) is 0 Å². The van der Waals surface area contributed by atoms with Gasteiger partial charge in [-0.25, -0.2) is 4.98 Å². The molecule has 1 aromatic heterocycles. The molecule has 4 nitrogen and oxygen atoms in total. The Bertz CT molecular complexity index is 559. The van der Waals surface area contributed by atoms with Crippen molar-refractivity contribution < 1.29 is 4.74 Å². The number of nitrogens with two attached hydrogens (primary N) is 1. The number of pyridine rings is 1. The van der Waals surface area contributed by atoms with Gasteiger partial charge in [0.15, 0.2) is 0 Å². The van der Waals surface area contributed by atoms with Crippen molar-refractivity contribution in [1.29, 1.82) is 0 Å². The highest BCUT2D eigenvalue weighted by molar-refractivity contribution is 5.28. The second-order valence-electron chi connectivity index (χ2n) is 5.11. The Morgan fingerprint density at radius 3 is 2.75 bits per heavy atom. The Morgan fingerprint density at radius 2 is 1.95 bits per heavy atom. The van der Waals surface area contributed by atoms with Crippen molar-refractivity contribution >= 4 is 0 Å². The first-order valence-corrected chi connectivity index (χ1v) is 7.00. The molecule has 2 unspecified atom stereocenters. The lowest BCUT2D eigenvalue weighted by molar-refractivity contribution is 0.360. The largest absolute Gasteiger partial charge is 0.439 e. The smallest absolute Gasteiger partial charge is 0.219 e. The SMILES string of the molecule is NC1CCNC(c2cccc(Oc3ccccc3)n2)C1. The zero-order valence-corrected chi connectivity index (χ0v) is 11.3. The summed E-state index contributed by atoms with van der Waals surface area (Å²) in [6.07, 6.45) is 1.94. The molecule has 0 bridgehead atoms. The van der Waals surface area contributed by atoms with E-state index >= 15 is 0 Å². The molecule has 1 aliphatic rings. The zero-order valence-electron chi connectivity index (χ0n) is 11.3. The molecule has 1 aliphatic heterocycles. The van der Waals surface area contributed by atoms with Gasteiger partial charge in [-0.05, 0) is 37.6 Å². The molecule has 2 heterocycles. The van der Waals surface area contributed by atoms with Crippen LogP contribution in [0.5, 0.6) is 11.6 Å². The number of benzene rings is 1. The monoisotopic (exact) mass is 269 g/mol. The van der Waals surface area contributed by atoms with Crippen molar-refractivity contribution in [3.63, 3.8) is 0 Å². The molecule has 1 aromatic carbocycles. The summed E-state index contributed by atoms with van der Waals surface area (Å²) in [6, 6.07) is 16.0. The molecule has 0 spiro atoms. The molecule has 2 aromatic rings. The van der Waals surface area contributed by atoms with Crippen LogP contribution in [0, 0.1) is 0 Å². The van der Waals surface area contributed by atoms with E-state index < -0.39 is 0 Å². The highest BCUT2D eigenvalue weighted by Crippen LogP contribution is 2.24. The molecule has 0 radical (unpaired) electrons. The number of rotatable bonds is 3. The van der Waals surface area contributed by atoms with Gasteiger partial charge < -0.3 is 15.8 Å². The molecule has 1 saturated heterocycles. The van der Waals surface area contributed by atoms with E-state index in [1.54, 1.807) is 0 Å². The van der Waals surface area contributed by atoms with E-state index in [2.05, 4.69) is 10.3 Å². The maximum Gasteiger partial charge on any atom is 0.219 e. The van der Waals surface area contributed by atoms with Gasteiger partial charge in [0, 0.05) is 12.1 Å². The van der Waals surface area contributed by atoms with Gasteiger partial charge in [0.05, 0.1) is 11.7 Å². The Balaban J connectivity index is 1.75. The first-order chi connectivity index (χ1) is 9.81. The van der Waals surface area contributed by atoms with Gasteiger partial charge in [-0.15, -0.1) is 0 Å². The molecule has 0 amide bonds. The van der Waals surface area contributed by atoms with E-state index in [1.807, 2.05) is 48.5 Å². The Labute approximate surface area is 119 Å². The first-order valence-electron chi connectivity index (χ1n) is 7.00. The highest BCUT2D eigenvalue weighted by Gasteiger charge is 2.21. The summed E-state index contributed by atoms with van der Waals surface area (Å²) in [7, 11) is 0. The van der Waals surface area contributed by atoms with Crippen LogP contribution in [0.25, 0.3) is 0 Å². The summed E-state index contributed by atoms with van der Waals surface area (Å²) in [5.41, 5.74) is 7.02. The summed E-state index contributed by atoms with van der Waals surface area (Å²) in [4.78, 5) is 4.59. The van der Waals surface area contributed by atoms with E-state index in [1.165, 1.54) is 0 Å². The van der Waals surface area contributed by atoms with Crippen LogP contribution in [0.15, 0.2) is 48.5 Å². The van der Waals surface area contributed by atoms with Crippen LogP contribution in [0.1, 0.15) is 24.6 Å². The number of hydrogen-bond acceptors (Lipinski definition) is 4. The third-order valence-electron chi connectivity index (χ3n) is 3.51. The number of nitrogens with one attached hydrogen (secondary N) is 1. The molecular weight excluding hydrogens is 250 g/mol. The Hall–Kier alpha value is -1.91. The van der Waals surface area contributed by atoms with E-state index in [-0.39, 0.29) is 12.1 Å². The van der Waals surface area contributed by atoms with Gasteiger partial charge in [0.1, 0.15) is 5.75 Å². The highest BCUT2D eigenvalue weighted by atomic mass is 16.5. The maximum absolute atomic E-state index is 6.03. The molecule has 3 N–H and O–H groups in total. The predicted octanol–water partition coefficient (Wildman–Crippen LogP) is 2.63. The van der Waals surface area contributed by atoms with Gasteiger partial charge in [0.2, 0.25) is 5.88 Å². The number of aromatic nitrogens is 1. The van der Waals surface area contributed by atoms with E-state index in [0.717, 1.165) is 30.8 Å². The summed E-state index contributed by atoms with van der Waals surface area (Å²) < 4.78 is 5.77. The third-order valence-corrected chi connectivity index (χ3v) is 3.51. The number of ether oxygens (including phenoxy) is 1. The molecule has 0 aliphatic carbocycles. The first kappa shape index (κ1) is 13.1. The molecule has 2 atom stereocenters. The maximum atomic E-state index is 6.03. The number of piperidine rings is 1. The molecule has 1 fully saturated rings. The van der Waals surface area contributed by atoms with Crippen LogP contribution in [-0.2, 0) is 0 Å². The molecule has 0 saturated carbocycles. The Kier molecular flexibility index (Phi) is 3.95. The van der Waals surface area contributed by atoms with Crippen LogP contribution in [-0.4, -0.2) is 17.6 Å². The van der Waals surface area contributed by atoms with Crippen molar-refractivity contribution in [2.45, 2.75) is 24.9 Å². The normalized spacial score (nSPS) is 22.4. The quantitative estimate of drug-likeness (QED) is 0.899. The lowest BCUT2D eigenvalue weighted by Crippen LogP contribution is -2.38. The minimum Gasteiger partial charge on any atom is -0.439 e. The molecule has 4 heteroatoms. The summed E-state index contributed by atoms with van der Waals surface area (Å²) in [5, 5.41) is 3.46. The van der Waals surface area contributed by atoms with Gasteiger partial charge in [-0.1, -0.05) is 24.3 Å². The minimum absolute atomic E-state index is 0.220. The lowest BCUT2D eigenvalue weighted by Gasteiger charge is -2.27. The second kappa shape index (κ2) is 6.03. The van der Waals surface area contributed by atoms with E-state index in [0.29, 0.717) is 5.88 Å². The summed E-state index contributed by atoms with van der Waals surface area (Å²) >= 11 is 0. The molecule has 20 heavy (non-hydrogen) atoms. The van der Waals surface area contributed by atoms with Crippen molar-refractivity contribution in [1.82, 2.24) is 10.3 Å². The van der Waals surface area contributed by atoms with Gasteiger partial charge in [0.25, 0.3) is 0 Å². The lowest BCUT2D eigenvalue weighted by atomic mass is 9.97.